The molecular formula is C14H14NO6P. The molecule has 8 heteroatoms. The molecule has 116 valence electrons. The molecule has 0 unspecified atom stereocenters. The van der Waals surface area contributed by atoms with Crippen molar-refractivity contribution in [3.63, 3.8) is 0 Å². The van der Waals surface area contributed by atoms with Crippen molar-refractivity contribution in [3.8, 4) is 5.75 Å². The highest BCUT2D eigenvalue weighted by Crippen LogP contribution is 2.33. The molecule has 0 bridgehead atoms. The first-order valence-corrected chi connectivity index (χ1v) is 7.95. The molecule has 4 N–H and O–H groups in total. The Kier molecular flexibility index (Phi) is 4.61. The Hall–Kier alpha value is -2.21. The van der Waals surface area contributed by atoms with Crippen LogP contribution >= 0.6 is 7.75 Å². The van der Waals surface area contributed by atoms with E-state index in [1.54, 1.807) is 12.1 Å². The van der Waals surface area contributed by atoms with Gasteiger partial charge < -0.3 is 14.9 Å². The zero-order valence-electron chi connectivity index (χ0n) is 11.4. The van der Waals surface area contributed by atoms with Gasteiger partial charge in [-0.25, -0.2) is 4.57 Å². The van der Waals surface area contributed by atoms with Crippen LogP contribution in [0.15, 0.2) is 47.7 Å². The van der Waals surface area contributed by atoms with E-state index in [0.717, 1.165) is 0 Å². The number of allylic oxidation sites excluding steroid dienone is 4. The Labute approximate surface area is 126 Å². The second kappa shape index (κ2) is 6.27. The number of benzene rings is 1. The van der Waals surface area contributed by atoms with Crippen molar-refractivity contribution in [2.75, 3.05) is 0 Å². The summed E-state index contributed by atoms with van der Waals surface area (Å²) in [5.41, 5.74) is 0.510. The maximum atomic E-state index is 12.3. The molecule has 2 rings (SSSR count). The van der Waals surface area contributed by atoms with Crippen LogP contribution in [-0.2, 0) is 20.6 Å². The lowest BCUT2D eigenvalue weighted by Crippen LogP contribution is -2.21. The van der Waals surface area contributed by atoms with Crippen LogP contribution in [0.2, 0.25) is 0 Å². The van der Waals surface area contributed by atoms with Gasteiger partial charge in [0.25, 0.3) is 0 Å². The van der Waals surface area contributed by atoms with Gasteiger partial charge >= 0.3 is 7.75 Å². The quantitative estimate of drug-likeness (QED) is 0.595. The van der Waals surface area contributed by atoms with Crippen LogP contribution in [0.25, 0.3) is 0 Å². The average Bonchev–Trinajstić information content (AvgIpc) is 2.36. The van der Waals surface area contributed by atoms with Gasteiger partial charge in [-0.15, -0.1) is 0 Å². The van der Waals surface area contributed by atoms with Crippen LogP contribution < -0.4 is 5.09 Å². The summed E-state index contributed by atoms with van der Waals surface area (Å²) in [7, 11) is -4.61. The molecule has 22 heavy (non-hydrogen) atoms. The molecule has 0 aliphatic heterocycles. The van der Waals surface area contributed by atoms with E-state index in [-0.39, 0.29) is 35.6 Å². The number of ketones is 2. The number of carbonyl (C=O) groups excluding carboxylic acids is 2. The van der Waals surface area contributed by atoms with Crippen molar-refractivity contribution in [2.24, 2.45) is 0 Å². The molecule has 7 nitrogen and oxygen atoms in total. The summed E-state index contributed by atoms with van der Waals surface area (Å²) in [6, 6.07) is 6.12. The Balaban J connectivity index is 2.27. The van der Waals surface area contributed by atoms with Gasteiger partial charge in [-0.3, -0.25) is 14.7 Å². The first-order valence-electron chi connectivity index (χ1n) is 6.33. The fraction of sp³-hybridized carbons (Fsp3) is 0.143. The number of rotatable bonds is 5. The lowest BCUT2D eigenvalue weighted by atomic mass is 9.95. The summed E-state index contributed by atoms with van der Waals surface area (Å²) in [5, 5.41) is 11.3. The third-order valence-corrected chi connectivity index (χ3v) is 3.53. The highest BCUT2D eigenvalue weighted by molar-refractivity contribution is 7.49. The van der Waals surface area contributed by atoms with E-state index >= 15 is 0 Å². The SMILES string of the molecule is O=C1C=CC(C(=O)Cc2cccc(O)c2)=C(NP(=O)(O)O)C1. The van der Waals surface area contributed by atoms with Gasteiger partial charge in [-0.05, 0) is 29.8 Å². The molecule has 0 heterocycles. The van der Waals surface area contributed by atoms with E-state index in [1.807, 2.05) is 5.09 Å². The summed E-state index contributed by atoms with van der Waals surface area (Å²) >= 11 is 0. The lowest BCUT2D eigenvalue weighted by Gasteiger charge is -2.17. The highest BCUT2D eigenvalue weighted by atomic mass is 31.2. The smallest absolute Gasteiger partial charge is 0.427 e. The minimum atomic E-state index is -4.61. The van der Waals surface area contributed by atoms with Crippen molar-refractivity contribution in [1.82, 2.24) is 5.09 Å². The van der Waals surface area contributed by atoms with Crippen LogP contribution in [0.4, 0.5) is 0 Å². The van der Waals surface area contributed by atoms with Gasteiger partial charge in [-0.1, -0.05) is 12.1 Å². The molecule has 0 amide bonds. The molecule has 0 saturated heterocycles. The summed E-state index contributed by atoms with van der Waals surface area (Å²) in [6.45, 7) is 0. The predicted molar refractivity (Wildman–Crippen MR) is 77.8 cm³/mol. The van der Waals surface area contributed by atoms with Gasteiger partial charge in [0.1, 0.15) is 5.75 Å². The van der Waals surface area contributed by atoms with E-state index in [1.165, 1.54) is 24.3 Å². The van der Waals surface area contributed by atoms with E-state index in [0.29, 0.717) is 5.56 Å². The third-order valence-electron chi connectivity index (χ3n) is 2.97. The fourth-order valence-electron chi connectivity index (χ4n) is 2.09. The Morgan fingerprint density at radius 3 is 2.64 bits per heavy atom. The van der Waals surface area contributed by atoms with E-state index in [2.05, 4.69) is 0 Å². The summed E-state index contributed by atoms with van der Waals surface area (Å²) in [5.74, 6) is -0.752. The molecule has 1 aromatic carbocycles. The largest absolute Gasteiger partial charge is 0.508 e. The average molecular weight is 323 g/mol. The molecule has 0 spiro atoms. The lowest BCUT2D eigenvalue weighted by molar-refractivity contribution is -0.114. The fourth-order valence-corrected chi connectivity index (χ4v) is 2.64. The maximum Gasteiger partial charge on any atom is 0.427 e. The van der Waals surface area contributed by atoms with Crippen molar-refractivity contribution < 1.29 is 29.0 Å². The molecular weight excluding hydrogens is 309 g/mol. The predicted octanol–water partition coefficient (Wildman–Crippen LogP) is 0.969. The molecule has 0 atom stereocenters. The van der Waals surface area contributed by atoms with Gasteiger partial charge in [0.05, 0.1) is 6.42 Å². The maximum absolute atomic E-state index is 12.3. The standard InChI is InChI=1S/C14H14NO6P/c16-10-3-1-2-9(6-10)7-14(18)12-5-4-11(17)8-13(12)15-22(19,20)21/h1-6,16H,7-8H2,(H3,15,19,20,21). The van der Waals surface area contributed by atoms with Crippen molar-refractivity contribution in [2.45, 2.75) is 12.8 Å². The van der Waals surface area contributed by atoms with E-state index in [9.17, 15) is 19.3 Å². The molecule has 0 fully saturated rings. The molecule has 1 aliphatic carbocycles. The second-order valence-corrected chi connectivity index (χ2v) is 6.11. The Morgan fingerprint density at radius 2 is 2.00 bits per heavy atom. The van der Waals surface area contributed by atoms with E-state index < -0.39 is 13.5 Å². The highest BCUT2D eigenvalue weighted by Gasteiger charge is 2.24. The molecule has 0 aromatic heterocycles. The number of phenolic OH excluding ortho intramolecular Hbond substituents is 1. The van der Waals surface area contributed by atoms with Crippen molar-refractivity contribution in [3.05, 3.63) is 53.3 Å². The number of hydrogen-bond donors (Lipinski definition) is 4. The van der Waals surface area contributed by atoms with Crippen LogP contribution in [0.3, 0.4) is 0 Å². The summed E-state index contributed by atoms with van der Waals surface area (Å²) in [4.78, 5) is 41.6. The Morgan fingerprint density at radius 1 is 1.27 bits per heavy atom. The van der Waals surface area contributed by atoms with Crippen molar-refractivity contribution in [1.29, 1.82) is 0 Å². The number of aromatic hydroxyl groups is 1. The third kappa shape index (κ3) is 4.39. The number of carbonyl (C=O) groups is 2. The first kappa shape index (κ1) is 16.2. The van der Waals surface area contributed by atoms with Crippen LogP contribution in [0.1, 0.15) is 12.0 Å². The van der Waals surface area contributed by atoms with Gasteiger partial charge in [0, 0.05) is 17.7 Å². The summed E-state index contributed by atoms with van der Waals surface area (Å²) in [6.07, 6.45) is 2.10. The number of nitrogens with one attached hydrogen (secondary N) is 1. The number of phenols is 1. The van der Waals surface area contributed by atoms with Crippen LogP contribution in [0, 0.1) is 0 Å². The molecule has 1 aromatic rings. The van der Waals surface area contributed by atoms with Gasteiger partial charge in [0.2, 0.25) is 0 Å². The normalized spacial score (nSPS) is 15.1. The van der Waals surface area contributed by atoms with E-state index in [4.69, 9.17) is 9.79 Å². The Bertz CT molecular complexity index is 731. The number of hydrogen-bond acceptors (Lipinski definition) is 4. The topological polar surface area (TPSA) is 124 Å². The molecule has 0 radical (unpaired) electrons. The number of Topliss-reactive ketones (excluding diaryl/α,β-unsaturated/α-hetero) is 1. The second-order valence-electron chi connectivity index (χ2n) is 4.79. The molecule has 0 saturated carbocycles. The zero-order valence-corrected chi connectivity index (χ0v) is 12.3. The minimum absolute atomic E-state index is 0.0159. The summed E-state index contributed by atoms with van der Waals surface area (Å²) < 4.78 is 11.0. The van der Waals surface area contributed by atoms with Crippen LogP contribution in [0.5, 0.6) is 5.75 Å². The van der Waals surface area contributed by atoms with Gasteiger partial charge in [0.15, 0.2) is 11.6 Å². The van der Waals surface area contributed by atoms with Crippen molar-refractivity contribution >= 4 is 19.3 Å². The monoisotopic (exact) mass is 323 g/mol. The van der Waals surface area contributed by atoms with Crippen LogP contribution in [-0.4, -0.2) is 26.5 Å². The minimum Gasteiger partial charge on any atom is -0.508 e. The zero-order chi connectivity index (χ0) is 16.3. The van der Waals surface area contributed by atoms with Gasteiger partial charge in [-0.2, -0.15) is 0 Å². The molecule has 1 aliphatic rings. The first-order chi connectivity index (χ1) is 10.2.